The number of nitrogens with zero attached hydrogens (tertiary/aromatic N) is 2. The Bertz CT molecular complexity index is 453. The number of hydrogen-bond donors (Lipinski definition) is 1. The molecule has 98 valence electrons. The molecule has 0 aliphatic carbocycles. The minimum atomic E-state index is -0.348. The fourth-order valence-corrected chi connectivity index (χ4v) is 2.63. The van der Waals surface area contributed by atoms with Crippen molar-refractivity contribution < 1.29 is 4.92 Å². The van der Waals surface area contributed by atoms with Gasteiger partial charge in [0.15, 0.2) is 0 Å². The number of halogens is 1. The van der Waals surface area contributed by atoms with E-state index in [4.69, 9.17) is 0 Å². The lowest BCUT2D eigenvalue weighted by molar-refractivity contribution is -0.384. The molecule has 1 aromatic carbocycles. The highest BCUT2D eigenvalue weighted by Gasteiger charge is 2.21. The Balaban J connectivity index is 2.15. The molecule has 18 heavy (non-hydrogen) atoms. The summed E-state index contributed by atoms with van der Waals surface area (Å²) < 4.78 is 0.723. The van der Waals surface area contributed by atoms with Crippen LogP contribution in [-0.4, -0.2) is 36.0 Å². The van der Waals surface area contributed by atoms with Crippen LogP contribution in [0.15, 0.2) is 22.7 Å². The van der Waals surface area contributed by atoms with Gasteiger partial charge in [-0.3, -0.25) is 10.1 Å². The van der Waals surface area contributed by atoms with Crippen LogP contribution in [-0.2, 0) is 0 Å². The summed E-state index contributed by atoms with van der Waals surface area (Å²) >= 11 is 3.26. The van der Waals surface area contributed by atoms with Crippen LogP contribution in [0.4, 0.5) is 11.4 Å². The standard InChI is InChI=1S/C12H16BrN3O2/c1-15-6-2-3-10(8-15)14-11-5-4-9(13)7-12(11)16(17)18/h4-5,7,10,14H,2-3,6,8H2,1H3. The van der Waals surface area contributed by atoms with Gasteiger partial charge in [-0.05, 0) is 38.6 Å². The van der Waals surface area contributed by atoms with Crippen molar-refractivity contribution >= 4 is 27.3 Å². The second-order valence-electron chi connectivity index (χ2n) is 4.66. The summed E-state index contributed by atoms with van der Waals surface area (Å²) in [7, 11) is 2.07. The molecule has 1 heterocycles. The molecule has 0 amide bonds. The summed E-state index contributed by atoms with van der Waals surface area (Å²) in [6, 6.07) is 5.40. The average molecular weight is 314 g/mol. The van der Waals surface area contributed by atoms with Crippen LogP contribution in [0.5, 0.6) is 0 Å². The molecular formula is C12H16BrN3O2. The third-order valence-corrected chi connectivity index (χ3v) is 3.63. The molecule has 0 aromatic heterocycles. The number of anilines is 1. The first-order valence-corrected chi connectivity index (χ1v) is 6.74. The van der Waals surface area contributed by atoms with Crippen LogP contribution >= 0.6 is 15.9 Å². The van der Waals surface area contributed by atoms with Gasteiger partial charge in [0, 0.05) is 23.1 Å². The van der Waals surface area contributed by atoms with E-state index in [0.29, 0.717) is 5.69 Å². The van der Waals surface area contributed by atoms with E-state index in [-0.39, 0.29) is 16.7 Å². The van der Waals surface area contributed by atoms with Crippen molar-refractivity contribution in [1.82, 2.24) is 4.90 Å². The molecular weight excluding hydrogens is 298 g/mol. The first kappa shape index (κ1) is 13.3. The zero-order valence-corrected chi connectivity index (χ0v) is 11.8. The summed E-state index contributed by atoms with van der Waals surface area (Å²) in [5.41, 5.74) is 0.723. The van der Waals surface area contributed by atoms with E-state index in [1.54, 1.807) is 6.07 Å². The van der Waals surface area contributed by atoms with E-state index in [1.807, 2.05) is 6.07 Å². The lowest BCUT2D eigenvalue weighted by atomic mass is 10.1. The normalized spacial score (nSPS) is 20.7. The number of hydrogen-bond acceptors (Lipinski definition) is 4. The van der Waals surface area contributed by atoms with Gasteiger partial charge in [0.25, 0.3) is 5.69 Å². The lowest BCUT2D eigenvalue weighted by Crippen LogP contribution is -2.39. The fraction of sp³-hybridized carbons (Fsp3) is 0.500. The van der Waals surface area contributed by atoms with Gasteiger partial charge in [0.1, 0.15) is 5.69 Å². The summed E-state index contributed by atoms with van der Waals surface area (Å²) in [6.45, 7) is 2.02. The first-order valence-electron chi connectivity index (χ1n) is 5.95. The van der Waals surface area contributed by atoms with Gasteiger partial charge in [0.05, 0.1) is 4.92 Å². The SMILES string of the molecule is CN1CCCC(Nc2ccc(Br)cc2[N+](=O)[O-])C1. The van der Waals surface area contributed by atoms with E-state index < -0.39 is 0 Å². The number of rotatable bonds is 3. The zero-order valence-electron chi connectivity index (χ0n) is 10.2. The molecule has 0 radical (unpaired) electrons. The van der Waals surface area contributed by atoms with E-state index >= 15 is 0 Å². The number of nitro groups is 1. The molecule has 1 saturated heterocycles. The highest BCUT2D eigenvalue weighted by molar-refractivity contribution is 9.10. The maximum absolute atomic E-state index is 11.0. The Kier molecular flexibility index (Phi) is 4.19. The fourth-order valence-electron chi connectivity index (χ4n) is 2.28. The van der Waals surface area contributed by atoms with Crippen LogP contribution in [0.2, 0.25) is 0 Å². The lowest BCUT2D eigenvalue weighted by Gasteiger charge is -2.30. The van der Waals surface area contributed by atoms with E-state index in [1.165, 1.54) is 6.07 Å². The average Bonchev–Trinajstić information content (AvgIpc) is 2.31. The minimum absolute atomic E-state index is 0.123. The van der Waals surface area contributed by atoms with Gasteiger partial charge in [0.2, 0.25) is 0 Å². The predicted molar refractivity (Wildman–Crippen MR) is 74.9 cm³/mol. The smallest absolute Gasteiger partial charge is 0.293 e. The number of likely N-dealkylation sites (N-methyl/N-ethyl adjacent to an activating group) is 1. The summed E-state index contributed by atoms with van der Waals surface area (Å²) in [5, 5.41) is 14.3. The zero-order chi connectivity index (χ0) is 13.1. The number of nitro benzene ring substituents is 1. The minimum Gasteiger partial charge on any atom is -0.375 e. The van der Waals surface area contributed by atoms with Gasteiger partial charge in [-0.2, -0.15) is 0 Å². The molecule has 2 rings (SSSR count). The predicted octanol–water partition coefficient (Wildman–Crippen LogP) is 2.86. The number of nitrogens with one attached hydrogen (secondary N) is 1. The van der Waals surface area contributed by atoms with Crippen LogP contribution in [0.1, 0.15) is 12.8 Å². The van der Waals surface area contributed by atoms with Crippen LogP contribution in [0.3, 0.4) is 0 Å². The second kappa shape index (κ2) is 5.67. The summed E-state index contributed by atoms with van der Waals surface area (Å²) in [4.78, 5) is 12.9. The van der Waals surface area contributed by atoms with Crippen molar-refractivity contribution in [3.63, 3.8) is 0 Å². The first-order chi connectivity index (χ1) is 8.56. The van der Waals surface area contributed by atoms with Crippen molar-refractivity contribution in [2.75, 3.05) is 25.5 Å². The summed E-state index contributed by atoms with van der Waals surface area (Å²) in [5.74, 6) is 0. The van der Waals surface area contributed by atoms with Crippen molar-refractivity contribution in [2.45, 2.75) is 18.9 Å². The molecule has 1 aromatic rings. The number of likely N-dealkylation sites (tertiary alicyclic amines) is 1. The molecule has 1 atom stereocenters. The molecule has 1 fully saturated rings. The second-order valence-corrected chi connectivity index (χ2v) is 5.58. The number of piperidine rings is 1. The molecule has 1 N–H and O–H groups in total. The van der Waals surface area contributed by atoms with E-state index in [9.17, 15) is 10.1 Å². The van der Waals surface area contributed by atoms with Crippen molar-refractivity contribution in [3.8, 4) is 0 Å². The monoisotopic (exact) mass is 313 g/mol. The van der Waals surface area contributed by atoms with Gasteiger partial charge in [-0.15, -0.1) is 0 Å². The van der Waals surface area contributed by atoms with Crippen molar-refractivity contribution in [3.05, 3.63) is 32.8 Å². The van der Waals surface area contributed by atoms with E-state index in [2.05, 4.69) is 33.2 Å². The highest BCUT2D eigenvalue weighted by atomic mass is 79.9. The molecule has 6 heteroatoms. The molecule has 0 saturated carbocycles. The van der Waals surface area contributed by atoms with Crippen molar-refractivity contribution in [1.29, 1.82) is 0 Å². The summed E-state index contributed by atoms with van der Waals surface area (Å²) in [6.07, 6.45) is 2.18. The third-order valence-electron chi connectivity index (χ3n) is 3.14. The molecule has 1 aliphatic heterocycles. The Morgan fingerprint density at radius 3 is 3.00 bits per heavy atom. The van der Waals surface area contributed by atoms with Gasteiger partial charge < -0.3 is 10.2 Å². The van der Waals surface area contributed by atoms with Crippen LogP contribution in [0.25, 0.3) is 0 Å². The largest absolute Gasteiger partial charge is 0.375 e. The Morgan fingerprint density at radius 1 is 1.56 bits per heavy atom. The molecule has 1 unspecified atom stereocenters. The Hall–Kier alpha value is -1.14. The third kappa shape index (κ3) is 3.20. The number of benzene rings is 1. The van der Waals surface area contributed by atoms with Crippen molar-refractivity contribution in [2.24, 2.45) is 0 Å². The quantitative estimate of drug-likeness (QED) is 0.688. The maximum atomic E-state index is 11.0. The van der Waals surface area contributed by atoms with Crippen LogP contribution < -0.4 is 5.32 Å². The van der Waals surface area contributed by atoms with E-state index in [0.717, 1.165) is 30.4 Å². The maximum Gasteiger partial charge on any atom is 0.293 e. The van der Waals surface area contributed by atoms with Gasteiger partial charge in [-0.1, -0.05) is 15.9 Å². The Labute approximate surface area is 114 Å². The highest BCUT2D eigenvalue weighted by Crippen LogP contribution is 2.29. The molecule has 5 nitrogen and oxygen atoms in total. The molecule has 0 bridgehead atoms. The van der Waals surface area contributed by atoms with Crippen LogP contribution in [0, 0.1) is 10.1 Å². The molecule has 1 aliphatic rings. The van der Waals surface area contributed by atoms with Gasteiger partial charge >= 0.3 is 0 Å². The topological polar surface area (TPSA) is 58.4 Å². The molecule has 0 spiro atoms. The van der Waals surface area contributed by atoms with Gasteiger partial charge in [-0.25, -0.2) is 0 Å². The Morgan fingerprint density at radius 2 is 2.33 bits per heavy atom.